The smallest absolute Gasteiger partial charge is 0.245 e. The molecule has 2 amide bonds. The molecule has 0 aromatic heterocycles. The number of hydrogen-bond acceptors (Lipinski definition) is 2. The van der Waals surface area contributed by atoms with E-state index in [-0.39, 0.29) is 23.9 Å². The van der Waals surface area contributed by atoms with Gasteiger partial charge in [-0.1, -0.05) is 26.7 Å². The van der Waals surface area contributed by atoms with Gasteiger partial charge in [-0.25, -0.2) is 0 Å². The van der Waals surface area contributed by atoms with Gasteiger partial charge in [-0.3, -0.25) is 9.59 Å². The molecule has 0 aliphatic carbocycles. The van der Waals surface area contributed by atoms with Gasteiger partial charge in [-0.05, 0) is 26.7 Å². The highest BCUT2D eigenvalue weighted by atomic mass is 16.2. The zero-order valence-corrected chi connectivity index (χ0v) is 11.5. The Kier molecular flexibility index (Phi) is 4.54. The minimum Gasteiger partial charge on any atom is -0.343 e. The van der Waals surface area contributed by atoms with Crippen molar-refractivity contribution in [1.29, 1.82) is 0 Å². The third kappa shape index (κ3) is 2.61. The van der Waals surface area contributed by atoms with Crippen molar-refractivity contribution >= 4 is 11.8 Å². The lowest BCUT2D eigenvalue weighted by molar-refractivity contribution is -0.151. The zero-order chi connectivity index (χ0) is 13.2. The summed E-state index contributed by atoms with van der Waals surface area (Å²) in [6.07, 6.45) is 2.06. The molecule has 1 heterocycles. The number of rotatable bonds is 4. The summed E-state index contributed by atoms with van der Waals surface area (Å²) < 4.78 is 0. The molecule has 0 spiro atoms. The molecule has 0 aromatic rings. The first kappa shape index (κ1) is 14.0. The second kappa shape index (κ2) is 5.52. The molecule has 1 fully saturated rings. The van der Waals surface area contributed by atoms with Crippen LogP contribution in [0.5, 0.6) is 0 Å². The summed E-state index contributed by atoms with van der Waals surface area (Å²) in [7, 11) is 0. The lowest BCUT2D eigenvalue weighted by Gasteiger charge is -2.42. The van der Waals surface area contributed by atoms with Crippen LogP contribution in [-0.4, -0.2) is 34.8 Å². The number of carbonyl (C=O) groups excluding carboxylic acids is 2. The standard InChI is InChI=1S/C13H24N2O2/c1-6-11(7-2)9(4)15-10(5)12(16)14-8(3)13(15)17/h8-11H,6-7H2,1-5H3,(H,14,16). The van der Waals surface area contributed by atoms with Crippen LogP contribution < -0.4 is 5.32 Å². The maximum absolute atomic E-state index is 12.2. The monoisotopic (exact) mass is 240 g/mol. The van der Waals surface area contributed by atoms with Crippen LogP contribution in [-0.2, 0) is 9.59 Å². The Bertz CT molecular complexity index is 300. The van der Waals surface area contributed by atoms with Gasteiger partial charge in [0.25, 0.3) is 0 Å². The van der Waals surface area contributed by atoms with Gasteiger partial charge in [-0.15, -0.1) is 0 Å². The lowest BCUT2D eigenvalue weighted by atomic mass is 9.92. The Morgan fingerprint density at radius 3 is 2.24 bits per heavy atom. The molecule has 1 aliphatic rings. The topological polar surface area (TPSA) is 49.4 Å². The zero-order valence-electron chi connectivity index (χ0n) is 11.5. The van der Waals surface area contributed by atoms with Crippen LogP contribution in [0, 0.1) is 5.92 Å². The van der Waals surface area contributed by atoms with Crippen LogP contribution in [0.3, 0.4) is 0 Å². The van der Waals surface area contributed by atoms with Gasteiger partial charge >= 0.3 is 0 Å². The van der Waals surface area contributed by atoms with Gasteiger partial charge in [0.15, 0.2) is 0 Å². The number of amides is 2. The molecule has 3 unspecified atom stereocenters. The molecule has 0 saturated carbocycles. The number of nitrogens with one attached hydrogen (secondary N) is 1. The summed E-state index contributed by atoms with van der Waals surface area (Å²) >= 11 is 0. The first-order chi connectivity index (χ1) is 7.93. The molecule has 3 atom stereocenters. The molecule has 4 nitrogen and oxygen atoms in total. The summed E-state index contributed by atoms with van der Waals surface area (Å²) in [6, 6.07) is -0.620. The van der Waals surface area contributed by atoms with Crippen molar-refractivity contribution in [3.8, 4) is 0 Å². The Morgan fingerprint density at radius 2 is 1.76 bits per heavy atom. The van der Waals surface area contributed by atoms with Crippen LogP contribution >= 0.6 is 0 Å². The molecule has 0 radical (unpaired) electrons. The molecule has 1 saturated heterocycles. The average molecular weight is 240 g/mol. The van der Waals surface area contributed by atoms with E-state index in [0.29, 0.717) is 5.92 Å². The van der Waals surface area contributed by atoms with E-state index in [9.17, 15) is 9.59 Å². The van der Waals surface area contributed by atoms with E-state index in [1.165, 1.54) is 0 Å². The number of hydrogen-bond donors (Lipinski definition) is 1. The summed E-state index contributed by atoms with van der Waals surface area (Å²) in [4.78, 5) is 25.7. The Labute approximate surface area is 104 Å². The van der Waals surface area contributed by atoms with Crippen molar-refractivity contribution in [2.24, 2.45) is 5.92 Å². The summed E-state index contributed by atoms with van der Waals surface area (Å²) in [5.41, 5.74) is 0. The fourth-order valence-corrected chi connectivity index (χ4v) is 2.69. The van der Waals surface area contributed by atoms with Crippen LogP contribution in [0.1, 0.15) is 47.5 Å². The van der Waals surface area contributed by atoms with Gasteiger partial charge in [0.05, 0.1) is 0 Å². The average Bonchev–Trinajstić information content (AvgIpc) is 2.28. The second-order valence-corrected chi connectivity index (χ2v) is 4.97. The normalized spacial score (nSPS) is 27.3. The van der Waals surface area contributed by atoms with Gasteiger partial charge in [0.1, 0.15) is 12.1 Å². The van der Waals surface area contributed by atoms with Crippen molar-refractivity contribution in [2.45, 2.75) is 65.6 Å². The highest BCUT2D eigenvalue weighted by molar-refractivity contribution is 5.96. The molecule has 1 N–H and O–H groups in total. The van der Waals surface area contributed by atoms with Gasteiger partial charge in [0.2, 0.25) is 11.8 Å². The second-order valence-electron chi connectivity index (χ2n) is 4.97. The minimum atomic E-state index is -0.393. The number of nitrogens with zero attached hydrogens (tertiary/aromatic N) is 1. The quantitative estimate of drug-likeness (QED) is 0.810. The molecule has 4 heteroatoms. The lowest BCUT2D eigenvalue weighted by Crippen LogP contribution is -2.64. The van der Waals surface area contributed by atoms with Gasteiger partial charge in [-0.2, -0.15) is 0 Å². The van der Waals surface area contributed by atoms with Crippen LogP contribution in [0.25, 0.3) is 0 Å². The van der Waals surface area contributed by atoms with Crippen molar-refractivity contribution < 1.29 is 9.59 Å². The molecule has 0 bridgehead atoms. The van der Waals surface area contributed by atoms with E-state index in [1.807, 2.05) is 0 Å². The Morgan fingerprint density at radius 1 is 1.24 bits per heavy atom. The molecule has 0 aromatic carbocycles. The van der Waals surface area contributed by atoms with Crippen molar-refractivity contribution in [2.75, 3.05) is 0 Å². The van der Waals surface area contributed by atoms with E-state index in [1.54, 1.807) is 18.7 Å². The third-order valence-electron chi connectivity index (χ3n) is 3.95. The maximum Gasteiger partial charge on any atom is 0.245 e. The van der Waals surface area contributed by atoms with Crippen molar-refractivity contribution in [1.82, 2.24) is 10.2 Å². The number of piperazine rings is 1. The van der Waals surface area contributed by atoms with E-state index in [4.69, 9.17) is 0 Å². The van der Waals surface area contributed by atoms with Crippen LogP contribution in [0.15, 0.2) is 0 Å². The largest absolute Gasteiger partial charge is 0.343 e. The fourth-order valence-electron chi connectivity index (χ4n) is 2.69. The Hall–Kier alpha value is -1.06. The molecular weight excluding hydrogens is 216 g/mol. The molecular formula is C13H24N2O2. The summed E-state index contributed by atoms with van der Waals surface area (Å²) in [5.74, 6) is 0.450. The van der Waals surface area contributed by atoms with Crippen molar-refractivity contribution in [3.05, 3.63) is 0 Å². The SMILES string of the molecule is CCC(CC)C(C)N1C(=O)C(C)NC(=O)C1C. The Balaban J connectivity index is 2.91. The molecule has 1 aliphatic heterocycles. The van der Waals surface area contributed by atoms with Crippen LogP contribution in [0.4, 0.5) is 0 Å². The highest BCUT2D eigenvalue weighted by Gasteiger charge is 2.39. The first-order valence-electron chi connectivity index (χ1n) is 6.56. The maximum atomic E-state index is 12.2. The van der Waals surface area contributed by atoms with E-state index < -0.39 is 6.04 Å². The van der Waals surface area contributed by atoms with E-state index in [0.717, 1.165) is 12.8 Å². The predicted octanol–water partition coefficient (Wildman–Crippen LogP) is 1.55. The van der Waals surface area contributed by atoms with Crippen molar-refractivity contribution in [3.63, 3.8) is 0 Å². The fraction of sp³-hybridized carbons (Fsp3) is 0.846. The molecule has 1 rings (SSSR count). The highest BCUT2D eigenvalue weighted by Crippen LogP contribution is 2.23. The van der Waals surface area contributed by atoms with Crippen LogP contribution in [0.2, 0.25) is 0 Å². The van der Waals surface area contributed by atoms with E-state index in [2.05, 4.69) is 26.1 Å². The first-order valence-corrected chi connectivity index (χ1v) is 6.56. The molecule has 98 valence electrons. The summed E-state index contributed by atoms with van der Waals surface area (Å²) in [6.45, 7) is 9.87. The summed E-state index contributed by atoms with van der Waals surface area (Å²) in [5, 5.41) is 2.71. The minimum absolute atomic E-state index is 0.0384. The third-order valence-corrected chi connectivity index (χ3v) is 3.95. The number of carbonyl (C=O) groups is 2. The van der Waals surface area contributed by atoms with E-state index >= 15 is 0 Å². The van der Waals surface area contributed by atoms with Gasteiger partial charge in [0, 0.05) is 6.04 Å². The van der Waals surface area contributed by atoms with Gasteiger partial charge < -0.3 is 10.2 Å². The predicted molar refractivity (Wildman–Crippen MR) is 67.4 cm³/mol. The molecule has 17 heavy (non-hydrogen) atoms.